The molecule has 0 aromatic rings. The Kier molecular flexibility index (Phi) is 13.1. The minimum atomic E-state index is 0.255. The van der Waals surface area contributed by atoms with Crippen LogP contribution in [-0.2, 0) is 4.79 Å². The van der Waals surface area contributed by atoms with Gasteiger partial charge in [0.15, 0.2) is 0 Å². The van der Waals surface area contributed by atoms with Gasteiger partial charge < -0.3 is 10.0 Å². The molecule has 0 unspecified atom stereocenters. The summed E-state index contributed by atoms with van der Waals surface area (Å²) in [6.07, 6.45) is 2.90. The average molecular weight is 145 g/mol. The van der Waals surface area contributed by atoms with Gasteiger partial charge >= 0.3 is 0 Å². The van der Waals surface area contributed by atoms with Gasteiger partial charge in [0.25, 0.3) is 0 Å². The molecule has 0 bridgehead atoms. The summed E-state index contributed by atoms with van der Waals surface area (Å²) in [4.78, 5) is 9.81. The maximum absolute atomic E-state index is 9.81. The topological polar surface area (TPSA) is 49.7 Å². The summed E-state index contributed by atoms with van der Waals surface area (Å²) in [5, 5.41) is 10.4. The molecule has 3 nitrogen and oxygen atoms in total. The van der Waals surface area contributed by atoms with Crippen LogP contribution in [0, 0.1) is 0 Å². The van der Waals surface area contributed by atoms with Crippen LogP contribution in [0.1, 0.15) is 33.6 Å². The summed E-state index contributed by atoms with van der Waals surface area (Å²) in [5.41, 5.74) is 0. The second-order valence-electron chi connectivity index (χ2n) is 1.76. The molecule has 0 saturated carbocycles. The van der Waals surface area contributed by atoms with Gasteiger partial charge in [0, 0.05) is 12.6 Å². The zero-order chi connectivity index (χ0) is 8.41. The summed E-state index contributed by atoms with van der Waals surface area (Å²) in [5.74, 6) is 0.255. The van der Waals surface area contributed by atoms with Crippen molar-refractivity contribution in [2.45, 2.75) is 33.6 Å². The van der Waals surface area contributed by atoms with E-state index in [4.69, 9.17) is 5.21 Å². The van der Waals surface area contributed by atoms with Gasteiger partial charge in [-0.1, -0.05) is 13.8 Å². The lowest BCUT2D eigenvalue weighted by Crippen LogP contribution is -1.80. The van der Waals surface area contributed by atoms with Crippen LogP contribution in [0.2, 0.25) is 0 Å². The van der Waals surface area contributed by atoms with E-state index in [0.717, 1.165) is 6.42 Å². The van der Waals surface area contributed by atoms with Crippen molar-refractivity contribution in [3.63, 3.8) is 0 Å². The van der Waals surface area contributed by atoms with Crippen LogP contribution < -0.4 is 0 Å². The Balaban J connectivity index is 0. The average Bonchev–Trinajstić information content (AvgIpc) is 1.91. The number of rotatable bonds is 2. The molecule has 0 heterocycles. The maximum atomic E-state index is 9.81. The Hall–Kier alpha value is -0.860. The largest absolute Gasteiger partial charge is 0.411 e. The lowest BCUT2D eigenvalue weighted by molar-refractivity contribution is -0.116. The third-order valence-electron chi connectivity index (χ3n) is 0.762. The Morgan fingerprint density at radius 2 is 2.00 bits per heavy atom. The quantitative estimate of drug-likeness (QED) is 0.366. The van der Waals surface area contributed by atoms with Gasteiger partial charge in [0.1, 0.15) is 5.78 Å². The highest BCUT2D eigenvalue weighted by Gasteiger charge is 1.76. The second-order valence-corrected chi connectivity index (χ2v) is 1.76. The van der Waals surface area contributed by atoms with Gasteiger partial charge in [-0.2, -0.15) is 0 Å². The van der Waals surface area contributed by atoms with Crippen LogP contribution in [-0.4, -0.2) is 17.2 Å². The first-order valence-corrected chi connectivity index (χ1v) is 3.34. The number of Topliss-reactive ketones (excluding diaryl/α,β-unsaturated/α-hetero) is 1. The fourth-order valence-corrected chi connectivity index (χ4v) is 0.0816. The standard InChI is InChI=1S/C4H8O.C3H7NO/c1-3-4(2)5;1-2-3-4-5/h3H2,1-2H3;3,5H,2H2,1H3. The summed E-state index contributed by atoms with van der Waals surface area (Å²) in [7, 11) is 0. The van der Waals surface area contributed by atoms with E-state index in [1.807, 2.05) is 13.8 Å². The first kappa shape index (κ1) is 11.9. The van der Waals surface area contributed by atoms with Crippen molar-refractivity contribution in [3.05, 3.63) is 0 Å². The van der Waals surface area contributed by atoms with Crippen molar-refractivity contribution < 1.29 is 10.0 Å². The van der Waals surface area contributed by atoms with Crippen LogP contribution >= 0.6 is 0 Å². The van der Waals surface area contributed by atoms with Crippen LogP contribution in [0.3, 0.4) is 0 Å². The summed E-state index contributed by atoms with van der Waals surface area (Å²) >= 11 is 0. The predicted octanol–water partition coefficient (Wildman–Crippen LogP) is 1.84. The van der Waals surface area contributed by atoms with Crippen LogP contribution in [0.15, 0.2) is 5.16 Å². The summed E-state index contributed by atoms with van der Waals surface area (Å²) in [6.45, 7) is 5.34. The van der Waals surface area contributed by atoms with Gasteiger partial charge in [0.05, 0.1) is 0 Å². The van der Waals surface area contributed by atoms with Gasteiger partial charge in [-0.3, -0.25) is 0 Å². The molecule has 0 atom stereocenters. The summed E-state index contributed by atoms with van der Waals surface area (Å²) < 4.78 is 0. The zero-order valence-corrected chi connectivity index (χ0v) is 6.79. The zero-order valence-electron chi connectivity index (χ0n) is 6.79. The molecule has 0 aliphatic carbocycles. The SMILES string of the molecule is CCC(C)=O.CCC=NO. The maximum Gasteiger partial charge on any atom is 0.129 e. The molecule has 10 heavy (non-hydrogen) atoms. The van der Waals surface area contributed by atoms with Crippen molar-refractivity contribution in [1.29, 1.82) is 0 Å². The molecule has 3 heteroatoms. The van der Waals surface area contributed by atoms with E-state index in [9.17, 15) is 4.79 Å². The molecule has 0 fully saturated rings. The molecule has 0 amide bonds. The third kappa shape index (κ3) is 27.3. The van der Waals surface area contributed by atoms with Gasteiger partial charge in [0.2, 0.25) is 0 Å². The van der Waals surface area contributed by atoms with Gasteiger partial charge in [-0.25, -0.2) is 0 Å². The Morgan fingerprint density at radius 1 is 1.60 bits per heavy atom. The number of ketones is 1. The molecule has 0 aromatic heterocycles. The molecule has 0 saturated heterocycles. The number of hydrogen-bond donors (Lipinski definition) is 1. The highest BCUT2D eigenvalue weighted by Crippen LogP contribution is 1.71. The monoisotopic (exact) mass is 145 g/mol. The van der Waals surface area contributed by atoms with E-state index in [0.29, 0.717) is 6.42 Å². The van der Waals surface area contributed by atoms with Crippen LogP contribution in [0.25, 0.3) is 0 Å². The van der Waals surface area contributed by atoms with Gasteiger partial charge in [-0.05, 0) is 13.3 Å². The molecular weight excluding hydrogens is 130 g/mol. The number of carbonyl (C=O) groups excluding carboxylic acids is 1. The number of nitrogens with zero attached hydrogens (tertiary/aromatic N) is 1. The molecule has 1 N–H and O–H groups in total. The van der Waals surface area contributed by atoms with Crippen molar-refractivity contribution in [3.8, 4) is 0 Å². The lowest BCUT2D eigenvalue weighted by Gasteiger charge is -1.71. The normalized spacial score (nSPS) is 8.70. The fourth-order valence-electron chi connectivity index (χ4n) is 0.0816. The van der Waals surface area contributed by atoms with Crippen LogP contribution in [0.5, 0.6) is 0 Å². The highest BCUT2D eigenvalue weighted by molar-refractivity contribution is 5.74. The van der Waals surface area contributed by atoms with E-state index in [-0.39, 0.29) is 5.78 Å². The smallest absolute Gasteiger partial charge is 0.129 e. The molecule has 0 rings (SSSR count). The lowest BCUT2D eigenvalue weighted by atomic mass is 10.4. The molecule has 0 aromatic carbocycles. The van der Waals surface area contributed by atoms with Crippen molar-refractivity contribution in [2.75, 3.05) is 0 Å². The minimum absolute atomic E-state index is 0.255. The molecule has 0 aliphatic rings. The number of oxime groups is 1. The van der Waals surface area contributed by atoms with Crippen molar-refractivity contribution in [2.24, 2.45) is 5.16 Å². The third-order valence-corrected chi connectivity index (χ3v) is 0.762. The molecular formula is C7H15NO2. The van der Waals surface area contributed by atoms with Crippen LogP contribution in [0.4, 0.5) is 0 Å². The van der Waals surface area contributed by atoms with E-state index in [2.05, 4.69) is 5.16 Å². The molecule has 0 spiro atoms. The van der Waals surface area contributed by atoms with E-state index >= 15 is 0 Å². The Labute approximate surface area is 61.7 Å². The molecule has 0 aliphatic heterocycles. The van der Waals surface area contributed by atoms with Crippen molar-refractivity contribution >= 4 is 12.0 Å². The predicted molar refractivity (Wildman–Crippen MR) is 41.5 cm³/mol. The Morgan fingerprint density at radius 3 is 2.00 bits per heavy atom. The first-order chi connectivity index (χ1) is 4.68. The first-order valence-electron chi connectivity index (χ1n) is 3.34. The fraction of sp³-hybridized carbons (Fsp3) is 0.714. The van der Waals surface area contributed by atoms with Crippen molar-refractivity contribution in [1.82, 2.24) is 0 Å². The minimum Gasteiger partial charge on any atom is -0.411 e. The van der Waals surface area contributed by atoms with Gasteiger partial charge in [-0.15, -0.1) is 5.16 Å². The second kappa shape index (κ2) is 11.0. The van der Waals surface area contributed by atoms with E-state index in [1.165, 1.54) is 6.21 Å². The summed E-state index contributed by atoms with van der Waals surface area (Å²) in [6, 6.07) is 0. The number of hydrogen-bond acceptors (Lipinski definition) is 3. The molecule has 60 valence electrons. The highest BCUT2D eigenvalue weighted by atomic mass is 16.4. The number of carbonyl (C=O) groups is 1. The Bertz CT molecular complexity index is 99.8. The van der Waals surface area contributed by atoms with E-state index in [1.54, 1.807) is 6.92 Å². The van der Waals surface area contributed by atoms with E-state index < -0.39 is 0 Å². The molecule has 0 radical (unpaired) electrons.